The van der Waals surface area contributed by atoms with Gasteiger partial charge < -0.3 is 15.7 Å². The maximum Gasteiger partial charge on any atom is 0.315 e. The number of rotatable bonds is 5. The molecule has 1 aromatic rings. The molecule has 1 fully saturated rings. The summed E-state index contributed by atoms with van der Waals surface area (Å²) in [7, 11) is 0. The van der Waals surface area contributed by atoms with Crippen LogP contribution in [0.25, 0.3) is 0 Å². The van der Waals surface area contributed by atoms with E-state index in [1.165, 1.54) is 12.8 Å². The molecule has 3 N–H and O–H groups in total. The predicted molar refractivity (Wildman–Crippen MR) is 92.2 cm³/mol. The fraction of sp³-hybridized carbons (Fsp3) is 0.588. The smallest absolute Gasteiger partial charge is 0.315 e. The average Bonchev–Trinajstić information content (AvgIpc) is 2.53. The minimum atomic E-state index is -0.669. The van der Waals surface area contributed by atoms with Gasteiger partial charge in [0.15, 0.2) is 0 Å². The molecule has 1 aromatic carbocycles. The van der Waals surface area contributed by atoms with Crippen LogP contribution in [0.3, 0.4) is 0 Å². The fourth-order valence-electron chi connectivity index (χ4n) is 2.99. The highest BCUT2D eigenvalue weighted by Gasteiger charge is 2.22. The van der Waals surface area contributed by atoms with E-state index in [4.69, 9.17) is 0 Å². The van der Waals surface area contributed by atoms with Crippen molar-refractivity contribution in [2.24, 2.45) is 0 Å². The molecule has 1 saturated carbocycles. The van der Waals surface area contributed by atoms with Crippen molar-refractivity contribution < 1.29 is 9.90 Å². The largest absolute Gasteiger partial charge is 0.387 e. The number of thioether (sulfide) groups is 1. The van der Waals surface area contributed by atoms with Gasteiger partial charge in [-0.15, -0.1) is 0 Å². The maximum atomic E-state index is 12.0. The van der Waals surface area contributed by atoms with E-state index in [0.29, 0.717) is 5.25 Å². The summed E-state index contributed by atoms with van der Waals surface area (Å²) in [5, 5.41) is 16.7. The quantitative estimate of drug-likeness (QED) is 0.781. The first kappa shape index (κ1) is 17.2. The summed E-state index contributed by atoms with van der Waals surface area (Å²) >= 11 is 1.88. The number of benzene rings is 1. The second-order valence-electron chi connectivity index (χ2n) is 5.95. The Balaban J connectivity index is 1.77. The Morgan fingerprint density at radius 1 is 1.41 bits per heavy atom. The monoisotopic (exact) mass is 322 g/mol. The fourth-order valence-corrected chi connectivity index (χ4v) is 3.81. The third-order valence-corrected chi connectivity index (χ3v) is 5.39. The SMILES string of the molecule is CSC1CCCC(NC(=O)NCC(O)c2ccccc2C)C1. The Hall–Kier alpha value is -1.20. The minimum Gasteiger partial charge on any atom is -0.387 e. The van der Waals surface area contributed by atoms with Gasteiger partial charge in [0.1, 0.15) is 0 Å². The van der Waals surface area contributed by atoms with Gasteiger partial charge in [-0.25, -0.2) is 4.79 Å². The molecule has 4 nitrogen and oxygen atoms in total. The maximum absolute atomic E-state index is 12.0. The summed E-state index contributed by atoms with van der Waals surface area (Å²) in [5.41, 5.74) is 1.90. The lowest BCUT2D eigenvalue weighted by atomic mass is 9.95. The lowest BCUT2D eigenvalue weighted by Gasteiger charge is -2.28. The lowest BCUT2D eigenvalue weighted by molar-refractivity contribution is 0.171. The van der Waals surface area contributed by atoms with E-state index in [1.54, 1.807) is 0 Å². The summed E-state index contributed by atoms with van der Waals surface area (Å²) in [4.78, 5) is 12.0. The molecule has 3 atom stereocenters. The highest BCUT2D eigenvalue weighted by Crippen LogP contribution is 2.26. The predicted octanol–water partition coefficient (Wildman–Crippen LogP) is 3.00. The molecule has 5 heteroatoms. The van der Waals surface area contributed by atoms with Crippen LogP contribution in [0.5, 0.6) is 0 Å². The van der Waals surface area contributed by atoms with Crippen LogP contribution in [0.2, 0.25) is 0 Å². The molecular formula is C17H26N2O2S. The van der Waals surface area contributed by atoms with E-state index in [9.17, 15) is 9.90 Å². The first-order valence-electron chi connectivity index (χ1n) is 7.91. The number of carbonyl (C=O) groups excluding carboxylic acids is 1. The van der Waals surface area contributed by atoms with Crippen LogP contribution in [-0.2, 0) is 0 Å². The van der Waals surface area contributed by atoms with Crippen LogP contribution in [0.4, 0.5) is 4.79 Å². The number of nitrogens with one attached hydrogen (secondary N) is 2. The molecule has 0 heterocycles. The summed E-state index contributed by atoms with van der Waals surface area (Å²) in [6, 6.07) is 7.77. The van der Waals surface area contributed by atoms with Gasteiger partial charge in [0.2, 0.25) is 0 Å². The molecule has 0 aromatic heterocycles. The first-order chi connectivity index (χ1) is 10.6. The van der Waals surface area contributed by atoms with Crippen molar-refractivity contribution in [3.63, 3.8) is 0 Å². The average molecular weight is 322 g/mol. The highest BCUT2D eigenvalue weighted by atomic mass is 32.2. The molecule has 0 radical (unpaired) electrons. The van der Waals surface area contributed by atoms with E-state index < -0.39 is 6.10 Å². The molecule has 1 aliphatic rings. The number of urea groups is 1. The summed E-state index contributed by atoms with van der Waals surface area (Å²) in [6.45, 7) is 2.19. The Morgan fingerprint density at radius 2 is 2.18 bits per heavy atom. The second kappa shape index (κ2) is 8.44. The minimum absolute atomic E-state index is 0.181. The highest BCUT2D eigenvalue weighted by molar-refractivity contribution is 7.99. The van der Waals surface area contributed by atoms with Crippen molar-refractivity contribution in [1.29, 1.82) is 0 Å². The van der Waals surface area contributed by atoms with Crippen LogP contribution >= 0.6 is 11.8 Å². The zero-order valence-electron chi connectivity index (χ0n) is 13.3. The molecule has 22 heavy (non-hydrogen) atoms. The van der Waals surface area contributed by atoms with Gasteiger partial charge in [0.25, 0.3) is 0 Å². The van der Waals surface area contributed by atoms with Crippen molar-refractivity contribution >= 4 is 17.8 Å². The van der Waals surface area contributed by atoms with Crippen molar-refractivity contribution in [3.05, 3.63) is 35.4 Å². The van der Waals surface area contributed by atoms with Crippen LogP contribution in [0, 0.1) is 6.92 Å². The van der Waals surface area contributed by atoms with Gasteiger partial charge in [-0.3, -0.25) is 0 Å². The Bertz CT molecular complexity index is 495. The molecule has 0 aliphatic heterocycles. The number of amides is 2. The molecule has 0 bridgehead atoms. The second-order valence-corrected chi connectivity index (χ2v) is 7.09. The first-order valence-corrected chi connectivity index (χ1v) is 9.19. The Labute approximate surface area is 137 Å². The zero-order valence-corrected chi connectivity index (χ0v) is 14.2. The number of carbonyl (C=O) groups is 1. The van der Waals surface area contributed by atoms with Crippen LogP contribution < -0.4 is 10.6 Å². The van der Waals surface area contributed by atoms with Crippen LogP contribution in [0.15, 0.2) is 24.3 Å². The van der Waals surface area contributed by atoms with E-state index in [2.05, 4.69) is 16.9 Å². The zero-order chi connectivity index (χ0) is 15.9. The van der Waals surface area contributed by atoms with Crippen LogP contribution in [-0.4, -0.2) is 35.2 Å². The molecule has 2 amide bonds. The van der Waals surface area contributed by atoms with Crippen molar-refractivity contribution in [1.82, 2.24) is 10.6 Å². The normalized spacial score (nSPS) is 22.9. The summed E-state index contributed by atoms with van der Waals surface area (Å²) in [6.07, 6.45) is 5.96. The van der Waals surface area contributed by atoms with Gasteiger partial charge in [-0.1, -0.05) is 30.7 Å². The Kier molecular flexibility index (Phi) is 6.58. The standard InChI is InChI=1S/C17H26N2O2S/c1-12-6-3-4-9-15(12)16(20)11-18-17(21)19-13-7-5-8-14(10-13)22-2/h3-4,6,9,13-14,16,20H,5,7-8,10-11H2,1-2H3,(H2,18,19,21). The third kappa shape index (κ3) is 4.92. The van der Waals surface area contributed by atoms with Crippen LogP contribution in [0.1, 0.15) is 42.9 Å². The molecule has 122 valence electrons. The number of aliphatic hydroxyl groups is 1. The topological polar surface area (TPSA) is 61.4 Å². The van der Waals surface area contributed by atoms with E-state index in [1.807, 2.05) is 43.0 Å². The van der Waals surface area contributed by atoms with Gasteiger partial charge in [-0.2, -0.15) is 11.8 Å². The lowest BCUT2D eigenvalue weighted by Crippen LogP contribution is -2.45. The molecule has 1 aliphatic carbocycles. The molecule has 0 spiro atoms. The molecule has 3 unspecified atom stereocenters. The van der Waals surface area contributed by atoms with Gasteiger partial charge in [0.05, 0.1) is 6.10 Å². The molecule has 2 rings (SSSR count). The van der Waals surface area contributed by atoms with E-state index in [-0.39, 0.29) is 18.6 Å². The van der Waals surface area contributed by atoms with Gasteiger partial charge in [0, 0.05) is 17.8 Å². The van der Waals surface area contributed by atoms with E-state index in [0.717, 1.165) is 24.0 Å². The molecular weight excluding hydrogens is 296 g/mol. The Morgan fingerprint density at radius 3 is 2.91 bits per heavy atom. The van der Waals surface area contributed by atoms with Gasteiger partial charge in [-0.05, 0) is 43.6 Å². The summed E-state index contributed by atoms with van der Waals surface area (Å²) < 4.78 is 0. The van der Waals surface area contributed by atoms with Gasteiger partial charge >= 0.3 is 6.03 Å². The number of aliphatic hydroxyl groups excluding tert-OH is 1. The van der Waals surface area contributed by atoms with E-state index >= 15 is 0 Å². The summed E-state index contributed by atoms with van der Waals surface area (Å²) in [5.74, 6) is 0. The number of hydrogen-bond acceptors (Lipinski definition) is 3. The van der Waals surface area contributed by atoms with Crippen molar-refractivity contribution in [2.45, 2.75) is 50.0 Å². The number of hydrogen-bond donors (Lipinski definition) is 3. The third-order valence-electron chi connectivity index (χ3n) is 4.30. The molecule has 0 saturated heterocycles. The number of aryl methyl sites for hydroxylation is 1. The van der Waals surface area contributed by atoms with Crippen molar-refractivity contribution in [2.75, 3.05) is 12.8 Å². The van der Waals surface area contributed by atoms with Crippen molar-refractivity contribution in [3.8, 4) is 0 Å².